The van der Waals surface area contributed by atoms with Gasteiger partial charge in [-0.25, -0.2) is 0 Å². The van der Waals surface area contributed by atoms with Gasteiger partial charge < -0.3 is 19.1 Å². The fourth-order valence-electron chi connectivity index (χ4n) is 2.38. The molecule has 0 aliphatic rings. The van der Waals surface area contributed by atoms with Gasteiger partial charge in [0.05, 0.1) is 11.5 Å². The number of hydrogen-bond acceptors (Lipinski definition) is 6. The summed E-state index contributed by atoms with van der Waals surface area (Å²) in [4.78, 5) is 12.8. The topological polar surface area (TPSA) is 74.1 Å². The number of nitro groups is 1. The third kappa shape index (κ3) is 7.24. The maximum absolute atomic E-state index is 11.2. The average Bonchev–Trinajstić information content (AvgIpc) is 2.67. The first-order valence-corrected chi connectivity index (χ1v) is 8.94. The van der Waals surface area contributed by atoms with Crippen molar-refractivity contribution in [2.75, 3.05) is 40.0 Å². The van der Waals surface area contributed by atoms with Gasteiger partial charge in [0.2, 0.25) is 5.75 Å². The third-order valence-corrected chi connectivity index (χ3v) is 3.93. The molecule has 7 nitrogen and oxygen atoms in total. The molecule has 27 heavy (non-hydrogen) atoms. The van der Waals surface area contributed by atoms with Gasteiger partial charge in [-0.05, 0) is 25.6 Å². The zero-order valence-electron chi connectivity index (χ0n) is 15.8. The van der Waals surface area contributed by atoms with Crippen molar-refractivity contribution in [3.8, 4) is 11.5 Å². The van der Waals surface area contributed by atoms with E-state index in [0.29, 0.717) is 38.7 Å². The zero-order valence-corrected chi connectivity index (χ0v) is 15.8. The molecule has 0 bridgehead atoms. The zero-order chi connectivity index (χ0) is 19.5. The molecule has 2 aromatic carbocycles. The summed E-state index contributed by atoms with van der Waals surface area (Å²) in [5.41, 5.74) is 0.952. The second kappa shape index (κ2) is 11.2. The van der Waals surface area contributed by atoms with Crippen LogP contribution in [0.15, 0.2) is 48.5 Å². The van der Waals surface area contributed by atoms with Gasteiger partial charge >= 0.3 is 5.69 Å². The third-order valence-electron chi connectivity index (χ3n) is 3.93. The normalized spacial score (nSPS) is 10.8. The smallest absolute Gasteiger partial charge is 0.311 e. The van der Waals surface area contributed by atoms with Crippen LogP contribution < -0.4 is 9.47 Å². The molecular weight excluding hydrogens is 348 g/mol. The maximum atomic E-state index is 11.2. The number of nitro benzene ring substituents is 1. The molecule has 2 rings (SSSR count). The van der Waals surface area contributed by atoms with E-state index in [1.165, 1.54) is 6.07 Å². The molecule has 0 radical (unpaired) electrons. The van der Waals surface area contributed by atoms with Crippen LogP contribution >= 0.6 is 0 Å². The summed E-state index contributed by atoms with van der Waals surface area (Å²) in [7, 11) is 1.95. The lowest BCUT2D eigenvalue weighted by Crippen LogP contribution is -2.28. The van der Waals surface area contributed by atoms with Crippen LogP contribution in [0.1, 0.15) is 12.5 Å². The van der Waals surface area contributed by atoms with Gasteiger partial charge in [0, 0.05) is 31.8 Å². The first kappa shape index (κ1) is 20.7. The Morgan fingerprint density at radius 3 is 2.48 bits per heavy atom. The Hall–Kier alpha value is -2.64. The first-order valence-electron chi connectivity index (χ1n) is 8.94. The van der Waals surface area contributed by atoms with Crippen molar-refractivity contribution < 1.29 is 19.1 Å². The molecule has 0 heterocycles. The molecule has 0 aliphatic heterocycles. The number of hydrogen-bond donors (Lipinski definition) is 0. The summed E-state index contributed by atoms with van der Waals surface area (Å²) in [5.74, 6) is 0.743. The number of rotatable bonds is 12. The van der Waals surface area contributed by atoms with Crippen LogP contribution in [0.4, 0.5) is 5.69 Å². The molecule has 0 fully saturated rings. The van der Waals surface area contributed by atoms with E-state index in [1.54, 1.807) is 12.1 Å². The standard InChI is InChI=1S/C20H26N2O5/c1-3-25-13-11-21(2)12-14-26-20-15-18(9-10-19(20)22(23)24)27-16-17-7-5-4-6-8-17/h4-10,15H,3,11-14,16H2,1-2H3. The summed E-state index contributed by atoms with van der Waals surface area (Å²) in [6, 6.07) is 14.3. The van der Waals surface area contributed by atoms with Crippen LogP contribution in [-0.2, 0) is 11.3 Å². The Morgan fingerprint density at radius 2 is 1.78 bits per heavy atom. The van der Waals surface area contributed by atoms with E-state index < -0.39 is 4.92 Å². The molecule has 0 saturated carbocycles. The fourth-order valence-corrected chi connectivity index (χ4v) is 2.38. The SMILES string of the molecule is CCOCCN(C)CCOc1cc(OCc2ccccc2)ccc1[N+](=O)[O-]. The lowest BCUT2D eigenvalue weighted by atomic mass is 10.2. The molecule has 146 valence electrons. The highest BCUT2D eigenvalue weighted by Crippen LogP contribution is 2.31. The molecule has 0 aliphatic carbocycles. The quantitative estimate of drug-likeness (QED) is 0.321. The highest BCUT2D eigenvalue weighted by atomic mass is 16.6. The summed E-state index contributed by atoms with van der Waals surface area (Å²) >= 11 is 0. The number of benzene rings is 2. The minimum absolute atomic E-state index is 0.0703. The first-order chi connectivity index (χ1) is 13.1. The van der Waals surface area contributed by atoms with Gasteiger partial charge in [-0.1, -0.05) is 30.3 Å². The maximum Gasteiger partial charge on any atom is 0.311 e. The predicted octanol–water partition coefficient (Wildman–Crippen LogP) is 3.52. The van der Waals surface area contributed by atoms with E-state index in [9.17, 15) is 10.1 Å². The van der Waals surface area contributed by atoms with Gasteiger partial charge in [0.1, 0.15) is 19.0 Å². The molecule has 0 saturated heterocycles. The van der Waals surface area contributed by atoms with Crippen molar-refractivity contribution in [3.05, 3.63) is 64.2 Å². The highest BCUT2D eigenvalue weighted by molar-refractivity contribution is 5.50. The van der Waals surface area contributed by atoms with Crippen LogP contribution in [0.25, 0.3) is 0 Å². The second-order valence-electron chi connectivity index (χ2n) is 6.01. The van der Waals surface area contributed by atoms with E-state index in [0.717, 1.165) is 12.1 Å². The molecule has 7 heteroatoms. The van der Waals surface area contributed by atoms with Crippen LogP contribution in [0.3, 0.4) is 0 Å². The van der Waals surface area contributed by atoms with Gasteiger partial charge in [-0.3, -0.25) is 10.1 Å². The van der Waals surface area contributed by atoms with E-state index >= 15 is 0 Å². The summed E-state index contributed by atoms with van der Waals surface area (Å²) in [6.45, 7) is 5.43. The Kier molecular flexibility index (Phi) is 8.54. The van der Waals surface area contributed by atoms with Gasteiger partial charge in [0.15, 0.2) is 0 Å². The molecule has 0 atom stereocenters. The summed E-state index contributed by atoms with van der Waals surface area (Å²) in [6.07, 6.45) is 0. The van der Waals surface area contributed by atoms with E-state index in [2.05, 4.69) is 4.90 Å². The lowest BCUT2D eigenvalue weighted by Gasteiger charge is -2.17. The average molecular weight is 374 g/mol. The Bertz CT molecular complexity index is 709. The van der Waals surface area contributed by atoms with Crippen molar-refractivity contribution in [2.45, 2.75) is 13.5 Å². The molecule has 0 amide bonds. The second-order valence-corrected chi connectivity index (χ2v) is 6.01. The van der Waals surface area contributed by atoms with E-state index in [4.69, 9.17) is 14.2 Å². The van der Waals surface area contributed by atoms with E-state index in [1.807, 2.05) is 44.3 Å². The van der Waals surface area contributed by atoms with Crippen LogP contribution in [-0.4, -0.2) is 49.8 Å². The Balaban J connectivity index is 1.93. The largest absolute Gasteiger partial charge is 0.489 e. The van der Waals surface area contributed by atoms with Crippen molar-refractivity contribution in [1.82, 2.24) is 4.90 Å². The van der Waals surface area contributed by atoms with E-state index in [-0.39, 0.29) is 11.4 Å². The van der Waals surface area contributed by atoms with Crippen molar-refractivity contribution in [2.24, 2.45) is 0 Å². The number of nitrogens with zero attached hydrogens (tertiary/aromatic N) is 2. The van der Waals surface area contributed by atoms with Crippen LogP contribution in [0, 0.1) is 10.1 Å². The highest BCUT2D eigenvalue weighted by Gasteiger charge is 2.16. The number of likely N-dealkylation sites (N-methyl/N-ethyl adjacent to an activating group) is 1. The molecule has 2 aromatic rings. The summed E-state index contributed by atoms with van der Waals surface area (Å²) < 4.78 is 16.7. The van der Waals surface area contributed by atoms with Crippen molar-refractivity contribution in [3.63, 3.8) is 0 Å². The summed E-state index contributed by atoms with van der Waals surface area (Å²) in [5, 5.41) is 11.2. The predicted molar refractivity (Wildman–Crippen MR) is 103 cm³/mol. The Morgan fingerprint density at radius 1 is 1.04 bits per heavy atom. The molecule has 0 unspecified atom stereocenters. The lowest BCUT2D eigenvalue weighted by molar-refractivity contribution is -0.385. The minimum Gasteiger partial charge on any atom is -0.489 e. The van der Waals surface area contributed by atoms with Crippen molar-refractivity contribution in [1.29, 1.82) is 0 Å². The number of ether oxygens (including phenoxy) is 3. The monoisotopic (exact) mass is 374 g/mol. The fraction of sp³-hybridized carbons (Fsp3) is 0.400. The van der Waals surface area contributed by atoms with Gasteiger partial charge in [-0.2, -0.15) is 0 Å². The van der Waals surface area contributed by atoms with Gasteiger partial charge in [-0.15, -0.1) is 0 Å². The minimum atomic E-state index is -0.449. The van der Waals surface area contributed by atoms with Crippen LogP contribution in [0.5, 0.6) is 11.5 Å². The molecular formula is C20H26N2O5. The van der Waals surface area contributed by atoms with Crippen molar-refractivity contribution >= 4 is 5.69 Å². The van der Waals surface area contributed by atoms with Gasteiger partial charge in [0.25, 0.3) is 0 Å². The van der Waals surface area contributed by atoms with Crippen LogP contribution in [0.2, 0.25) is 0 Å². The molecule has 0 N–H and O–H groups in total. The molecule has 0 spiro atoms. The Labute approximate surface area is 159 Å². The molecule has 0 aromatic heterocycles.